The number of fused-ring (bicyclic) bond motifs is 1. The first kappa shape index (κ1) is 14.8. The van der Waals surface area contributed by atoms with E-state index in [-0.39, 0.29) is 6.04 Å². The molecule has 3 unspecified atom stereocenters. The van der Waals surface area contributed by atoms with Crippen LogP contribution in [0.3, 0.4) is 0 Å². The van der Waals surface area contributed by atoms with Crippen molar-refractivity contribution < 1.29 is 9.90 Å². The largest absolute Gasteiger partial charge is 0.480 e. The van der Waals surface area contributed by atoms with Crippen molar-refractivity contribution in [3.8, 4) is 0 Å². The van der Waals surface area contributed by atoms with Crippen molar-refractivity contribution in [2.75, 3.05) is 19.6 Å². The van der Waals surface area contributed by atoms with Crippen molar-refractivity contribution in [3.63, 3.8) is 0 Å². The van der Waals surface area contributed by atoms with Crippen molar-refractivity contribution in [3.05, 3.63) is 0 Å². The van der Waals surface area contributed by atoms with E-state index < -0.39 is 5.97 Å². The van der Waals surface area contributed by atoms with Crippen molar-refractivity contribution in [1.82, 2.24) is 9.80 Å². The molecule has 0 spiro atoms. The summed E-state index contributed by atoms with van der Waals surface area (Å²) < 4.78 is 0. The number of rotatable bonds is 5. The van der Waals surface area contributed by atoms with Gasteiger partial charge in [0, 0.05) is 25.2 Å². The Bertz CT molecular complexity index is 309. The number of carbonyl (C=O) groups is 1. The maximum Gasteiger partial charge on any atom is 0.320 e. The average molecular weight is 268 g/mol. The smallest absolute Gasteiger partial charge is 0.320 e. The van der Waals surface area contributed by atoms with Crippen LogP contribution in [0.1, 0.15) is 52.4 Å². The van der Waals surface area contributed by atoms with Crippen LogP contribution in [0.2, 0.25) is 0 Å². The van der Waals surface area contributed by atoms with Gasteiger partial charge in [-0.3, -0.25) is 14.6 Å². The van der Waals surface area contributed by atoms with Crippen molar-refractivity contribution in [1.29, 1.82) is 0 Å². The number of carboxylic acid groups (broad SMARTS) is 1. The molecule has 4 heteroatoms. The number of carboxylic acids is 1. The van der Waals surface area contributed by atoms with Gasteiger partial charge in [-0.15, -0.1) is 0 Å². The summed E-state index contributed by atoms with van der Waals surface area (Å²) in [5, 5.41) is 9.51. The van der Waals surface area contributed by atoms with Gasteiger partial charge in [-0.1, -0.05) is 26.2 Å². The molecule has 2 heterocycles. The Balaban J connectivity index is 2.02. The number of unbranched alkanes of at least 4 members (excludes halogenated alkanes) is 1. The molecule has 2 aliphatic rings. The summed E-state index contributed by atoms with van der Waals surface area (Å²) in [5.74, 6) is -0.635. The zero-order valence-electron chi connectivity index (χ0n) is 12.3. The predicted molar refractivity (Wildman–Crippen MR) is 76.3 cm³/mol. The number of piperazine rings is 1. The van der Waals surface area contributed by atoms with Gasteiger partial charge in [-0.05, 0) is 32.7 Å². The van der Waals surface area contributed by atoms with Crippen molar-refractivity contribution >= 4 is 5.97 Å². The van der Waals surface area contributed by atoms with Gasteiger partial charge in [0.05, 0.1) is 0 Å². The van der Waals surface area contributed by atoms with Gasteiger partial charge >= 0.3 is 5.97 Å². The summed E-state index contributed by atoms with van der Waals surface area (Å²) in [6.07, 6.45) is 6.72. The Kier molecular flexibility index (Phi) is 5.22. The van der Waals surface area contributed by atoms with E-state index in [4.69, 9.17) is 0 Å². The minimum Gasteiger partial charge on any atom is -0.480 e. The van der Waals surface area contributed by atoms with Crippen LogP contribution in [-0.4, -0.2) is 58.6 Å². The lowest BCUT2D eigenvalue weighted by Gasteiger charge is -2.49. The number of hydrogen-bond donors (Lipinski definition) is 1. The third-order valence-electron chi connectivity index (χ3n) is 4.75. The third kappa shape index (κ3) is 3.48. The second-order valence-electron chi connectivity index (χ2n) is 6.19. The van der Waals surface area contributed by atoms with Crippen LogP contribution >= 0.6 is 0 Å². The Labute approximate surface area is 116 Å². The summed E-state index contributed by atoms with van der Waals surface area (Å²) in [6, 6.07) is 0.680. The maximum absolute atomic E-state index is 11.6. The zero-order valence-corrected chi connectivity index (χ0v) is 12.3. The number of nitrogens with zero attached hydrogens (tertiary/aromatic N) is 2. The van der Waals surface area contributed by atoms with Crippen LogP contribution < -0.4 is 0 Å². The predicted octanol–water partition coefficient (Wildman–Crippen LogP) is 2.19. The first-order valence-electron chi connectivity index (χ1n) is 7.86. The fraction of sp³-hybridized carbons (Fsp3) is 0.933. The lowest BCUT2D eigenvalue weighted by atomic mass is 9.95. The molecule has 110 valence electrons. The molecule has 0 amide bonds. The van der Waals surface area contributed by atoms with Crippen LogP contribution in [0.5, 0.6) is 0 Å². The Morgan fingerprint density at radius 3 is 2.84 bits per heavy atom. The maximum atomic E-state index is 11.6. The fourth-order valence-electron chi connectivity index (χ4n) is 3.64. The normalized spacial score (nSPS) is 30.8. The molecule has 2 aliphatic heterocycles. The van der Waals surface area contributed by atoms with Gasteiger partial charge in [0.1, 0.15) is 6.04 Å². The highest BCUT2D eigenvalue weighted by Crippen LogP contribution is 2.26. The van der Waals surface area contributed by atoms with E-state index in [9.17, 15) is 9.90 Å². The molecule has 0 aromatic rings. The molecule has 0 aromatic carbocycles. The number of aliphatic carboxylic acids is 1. The Morgan fingerprint density at radius 2 is 2.16 bits per heavy atom. The fourth-order valence-corrected chi connectivity index (χ4v) is 3.64. The number of hydrogen-bond acceptors (Lipinski definition) is 3. The van der Waals surface area contributed by atoms with E-state index in [1.54, 1.807) is 0 Å². The second-order valence-corrected chi connectivity index (χ2v) is 6.19. The Morgan fingerprint density at radius 1 is 1.37 bits per heavy atom. The molecule has 1 N–H and O–H groups in total. The third-order valence-corrected chi connectivity index (χ3v) is 4.75. The summed E-state index contributed by atoms with van der Waals surface area (Å²) in [7, 11) is 0. The summed E-state index contributed by atoms with van der Waals surface area (Å²) >= 11 is 0. The van der Waals surface area contributed by atoms with E-state index in [2.05, 4.69) is 23.6 Å². The standard InChI is InChI=1S/C15H28N2O2/c1-3-4-8-14(15(18)19)17-11-13-7-5-6-9-16(13)10-12(17)2/h12-14H,3-11H2,1-2H3,(H,18,19). The van der Waals surface area contributed by atoms with Gasteiger partial charge in [-0.25, -0.2) is 0 Å². The van der Waals surface area contributed by atoms with Crippen LogP contribution in [0.25, 0.3) is 0 Å². The van der Waals surface area contributed by atoms with E-state index in [1.807, 2.05) is 0 Å². The lowest BCUT2D eigenvalue weighted by Crippen LogP contribution is -2.62. The first-order chi connectivity index (χ1) is 9.13. The van der Waals surface area contributed by atoms with Crippen molar-refractivity contribution in [2.24, 2.45) is 0 Å². The van der Waals surface area contributed by atoms with Crippen LogP contribution in [0.4, 0.5) is 0 Å². The summed E-state index contributed by atoms with van der Waals surface area (Å²) in [5.41, 5.74) is 0. The average Bonchev–Trinajstić information content (AvgIpc) is 2.39. The van der Waals surface area contributed by atoms with E-state index in [1.165, 1.54) is 25.8 Å². The van der Waals surface area contributed by atoms with E-state index in [0.717, 1.165) is 32.4 Å². The highest BCUT2D eigenvalue weighted by Gasteiger charge is 2.38. The Hall–Kier alpha value is -0.610. The molecule has 3 atom stereocenters. The van der Waals surface area contributed by atoms with Crippen LogP contribution in [-0.2, 0) is 4.79 Å². The molecule has 0 saturated carbocycles. The van der Waals surface area contributed by atoms with E-state index >= 15 is 0 Å². The monoisotopic (exact) mass is 268 g/mol. The first-order valence-corrected chi connectivity index (χ1v) is 7.86. The van der Waals surface area contributed by atoms with Gasteiger partial charge in [0.15, 0.2) is 0 Å². The molecular formula is C15H28N2O2. The summed E-state index contributed by atoms with van der Waals surface area (Å²) in [4.78, 5) is 16.4. The van der Waals surface area contributed by atoms with Crippen LogP contribution in [0.15, 0.2) is 0 Å². The topological polar surface area (TPSA) is 43.8 Å². The quantitative estimate of drug-likeness (QED) is 0.830. The minimum atomic E-state index is -0.635. The van der Waals surface area contributed by atoms with Gasteiger partial charge < -0.3 is 5.11 Å². The molecule has 2 rings (SSSR count). The molecule has 0 bridgehead atoms. The van der Waals surface area contributed by atoms with Crippen LogP contribution in [0, 0.1) is 0 Å². The van der Waals surface area contributed by atoms with E-state index in [0.29, 0.717) is 12.1 Å². The molecule has 0 radical (unpaired) electrons. The van der Waals surface area contributed by atoms with Gasteiger partial charge in [0.2, 0.25) is 0 Å². The zero-order chi connectivity index (χ0) is 13.8. The number of piperidine rings is 1. The minimum absolute atomic E-state index is 0.279. The van der Waals surface area contributed by atoms with Gasteiger partial charge in [0.25, 0.3) is 0 Å². The highest BCUT2D eigenvalue weighted by molar-refractivity contribution is 5.73. The molecule has 0 aliphatic carbocycles. The molecule has 4 nitrogen and oxygen atoms in total. The molecule has 2 fully saturated rings. The van der Waals surface area contributed by atoms with Gasteiger partial charge in [-0.2, -0.15) is 0 Å². The molecule has 2 saturated heterocycles. The second kappa shape index (κ2) is 6.71. The molecule has 19 heavy (non-hydrogen) atoms. The lowest BCUT2D eigenvalue weighted by molar-refractivity contribution is -0.147. The molecule has 0 aromatic heterocycles. The SMILES string of the molecule is CCCCC(C(=O)O)N1CC2CCCCN2CC1C. The summed E-state index contributed by atoms with van der Waals surface area (Å²) in [6.45, 7) is 7.51. The highest BCUT2D eigenvalue weighted by atomic mass is 16.4. The van der Waals surface area contributed by atoms with Crippen molar-refractivity contribution in [2.45, 2.75) is 70.5 Å². The molecular weight excluding hydrogens is 240 g/mol.